The van der Waals surface area contributed by atoms with E-state index < -0.39 is 0 Å². The van der Waals surface area contributed by atoms with E-state index in [2.05, 4.69) is 31.8 Å². The van der Waals surface area contributed by atoms with E-state index in [1.54, 1.807) is 13.0 Å². The van der Waals surface area contributed by atoms with Gasteiger partial charge in [0.15, 0.2) is 0 Å². The van der Waals surface area contributed by atoms with Crippen LogP contribution in [0.3, 0.4) is 0 Å². The van der Waals surface area contributed by atoms with Crippen LogP contribution < -0.4 is 10.7 Å². The predicted octanol–water partition coefficient (Wildman–Crippen LogP) is 3.57. The topological polar surface area (TPSA) is 70.6 Å². The van der Waals surface area contributed by atoms with Crippen LogP contribution in [0.4, 0.5) is 5.69 Å². The first-order valence-electron chi connectivity index (χ1n) is 6.93. The van der Waals surface area contributed by atoms with Gasteiger partial charge in [-0.15, -0.1) is 11.3 Å². The summed E-state index contributed by atoms with van der Waals surface area (Å²) in [7, 11) is 0. The fraction of sp³-hybridized carbons (Fsp3) is 0.188. The Kier molecular flexibility index (Phi) is 6.49. The van der Waals surface area contributed by atoms with Crippen LogP contribution in [-0.2, 0) is 16.0 Å². The molecule has 0 saturated heterocycles. The maximum Gasteiger partial charge on any atom is 0.245 e. The van der Waals surface area contributed by atoms with Crippen molar-refractivity contribution in [1.29, 1.82) is 0 Å². The number of amides is 2. The molecule has 0 spiro atoms. The average molecular weight is 394 g/mol. The first-order valence-corrected chi connectivity index (χ1v) is 8.60. The summed E-state index contributed by atoms with van der Waals surface area (Å²) in [4.78, 5) is 24.6. The van der Waals surface area contributed by atoms with Crippen molar-refractivity contribution in [2.45, 2.75) is 19.8 Å². The molecule has 23 heavy (non-hydrogen) atoms. The van der Waals surface area contributed by atoms with E-state index in [0.29, 0.717) is 11.4 Å². The lowest BCUT2D eigenvalue weighted by atomic mass is 10.2. The zero-order chi connectivity index (χ0) is 16.7. The maximum atomic E-state index is 12.0. The minimum Gasteiger partial charge on any atom is -0.325 e. The van der Waals surface area contributed by atoms with Gasteiger partial charge in [-0.1, -0.05) is 18.2 Å². The second-order valence-electron chi connectivity index (χ2n) is 4.84. The van der Waals surface area contributed by atoms with E-state index in [1.807, 2.05) is 35.7 Å². The molecule has 2 aromatic rings. The number of hydrazone groups is 1. The van der Waals surface area contributed by atoms with Crippen molar-refractivity contribution in [1.82, 2.24) is 5.43 Å². The Morgan fingerprint density at radius 1 is 1.17 bits per heavy atom. The van der Waals surface area contributed by atoms with Gasteiger partial charge in [-0.3, -0.25) is 9.59 Å². The van der Waals surface area contributed by atoms with Crippen LogP contribution in [0.1, 0.15) is 18.2 Å². The molecule has 0 radical (unpaired) electrons. The van der Waals surface area contributed by atoms with Crippen molar-refractivity contribution in [2.24, 2.45) is 5.10 Å². The number of benzene rings is 1. The summed E-state index contributed by atoms with van der Waals surface area (Å²) in [5.74, 6) is -0.385. The third-order valence-corrected chi connectivity index (χ3v) is 4.42. The highest BCUT2D eigenvalue weighted by atomic mass is 79.9. The molecule has 2 N–H and O–H groups in total. The molecule has 0 aliphatic carbocycles. The first kappa shape index (κ1) is 17.4. The van der Waals surface area contributed by atoms with Gasteiger partial charge >= 0.3 is 0 Å². The SMILES string of the molecule is C/C(CC(=O)Nc1ccccc1Br)=N\NC(=O)Cc1cccs1. The highest BCUT2D eigenvalue weighted by Crippen LogP contribution is 2.21. The van der Waals surface area contributed by atoms with Crippen LogP contribution in [-0.4, -0.2) is 17.5 Å². The molecule has 120 valence electrons. The summed E-state index contributed by atoms with van der Waals surface area (Å²) < 4.78 is 0.812. The number of nitrogens with zero attached hydrogens (tertiary/aromatic N) is 1. The zero-order valence-electron chi connectivity index (χ0n) is 12.5. The summed E-state index contributed by atoms with van der Waals surface area (Å²) in [6, 6.07) is 11.2. The lowest BCUT2D eigenvalue weighted by Gasteiger charge is -2.07. The summed E-state index contributed by atoms with van der Waals surface area (Å²) in [5.41, 5.74) is 3.70. The van der Waals surface area contributed by atoms with Gasteiger partial charge in [0.05, 0.1) is 18.5 Å². The summed E-state index contributed by atoms with van der Waals surface area (Å²) in [6.45, 7) is 1.70. The molecular weight excluding hydrogens is 378 g/mol. The van der Waals surface area contributed by atoms with Crippen LogP contribution in [0.25, 0.3) is 0 Å². The first-order chi connectivity index (χ1) is 11.0. The fourth-order valence-corrected chi connectivity index (χ4v) is 2.88. The standard InChI is InChI=1S/C16H16BrN3O2S/c1-11(19-20-16(22)10-12-5-4-8-23-12)9-15(21)18-14-7-3-2-6-13(14)17/h2-8H,9-10H2,1H3,(H,18,21)(H,20,22)/b19-11+. The minimum absolute atomic E-state index is 0.112. The number of thiophene rings is 1. The molecule has 0 unspecified atom stereocenters. The molecule has 0 saturated carbocycles. The Labute approximate surface area is 146 Å². The molecule has 2 rings (SSSR count). The van der Waals surface area contributed by atoms with Crippen molar-refractivity contribution < 1.29 is 9.59 Å². The van der Waals surface area contributed by atoms with Crippen molar-refractivity contribution in [3.8, 4) is 0 Å². The maximum absolute atomic E-state index is 12.0. The molecule has 1 aromatic carbocycles. The Morgan fingerprint density at radius 3 is 2.65 bits per heavy atom. The molecule has 7 heteroatoms. The van der Waals surface area contributed by atoms with E-state index in [4.69, 9.17) is 0 Å². The number of carbonyl (C=O) groups excluding carboxylic acids is 2. The van der Waals surface area contributed by atoms with Crippen LogP contribution in [0, 0.1) is 0 Å². The van der Waals surface area contributed by atoms with E-state index in [1.165, 1.54) is 11.3 Å². The van der Waals surface area contributed by atoms with Crippen LogP contribution in [0.15, 0.2) is 51.4 Å². The molecule has 1 aromatic heterocycles. The fourth-order valence-electron chi connectivity index (χ4n) is 1.80. The monoisotopic (exact) mass is 393 g/mol. The molecule has 0 aliphatic rings. The Morgan fingerprint density at radius 2 is 1.96 bits per heavy atom. The van der Waals surface area contributed by atoms with Gasteiger partial charge in [-0.2, -0.15) is 5.10 Å². The molecule has 0 aliphatic heterocycles. The number of hydrogen-bond acceptors (Lipinski definition) is 4. The normalized spacial score (nSPS) is 11.1. The lowest BCUT2D eigenvalue weighted by Crippen LogP contribution is -2.22. The van der Waals surface area contributed by atoms with Crippen LogP contribution in [0.5, 0.6) is 0 Å². The largest absolute Gasteiger partial charge is 0.325 e. The molecular formula is C16H16BrN3O2S. The van der Waals surface area contributed by atoms with Gasteiger partial charge in [0.1, 0.15) is 0 Å². The molecule has 2 amide bonds. The molecule has 1 heterocycles. The van der Waals surface area contributed by atoms with Gasteiger partial charge in [0, 0.05) is 15.1 Å². The Hall–Kier alpha value is -1.99. The van der Waals surface area contributed by atoms with Gasteiger partial charge in [-0.05, 0) is 46.4 Å². The van der Waals surface area contributed by atoms with Gasteiger partial charge < -0.3 is 5.32 Å². The average Bonchev–Trinajstić information content (AvgIpc) is 3.00. The summed E-state index contributed by atoms with van der Waals surface area (Å²) in [6.07, 6.45) is 0.401. The van der Waals surface area contributed by atoms with Crippen molar-refractivity contribution >= 4 is 50.5 Å². The highest BCUT2D eigenvalue weighted by molar-refractivity contribution is 9.10. The Bertz CT molecular complexity index is 714. The van der Waals surface area contributed by atoms with E-state index in [9.17, 15) is 9.59 Å². The van der Waals surface area contributed by atoms with Crippen LogP contribution in [0.2, 0.25) is 0 Å². The number of halogens is 1. The van der Waals surface area contributed by atoms with Crippen molar-refractivity contribution in [3.05, 3.63) is 51.1 Å². The van der Waals surface area contributed by atoms with Gasteiger partial charge in [0.2, 0.25) is 11.8 Å². The third kappa shape index (κ3) is 5.96. The van der Waals surface area contributed by atoms with Gasteiger partial charge in [0.25, 0.3) is 0 Å². The minimum atomic E-state index is -0.196. The number of rotatable bonds is 6. The Balaban J connectivity index is 1.81. The number of hydrogen-bond donors (Lipinski definition) is 2. The van der Waals surface area contributed by atoms with E-state index in [0.717, 1.165) is 9.35 Å². The van der Waals surface area contributed by atoms with Crippen molar-refractivity contribution in [3.63, 3.8) is 0 Å². The van der Waals surface area contributed by atoms with E-state index >= 15 is 0 Å². The predicted molar refractivity (Wildman–Crippen MR) is 96.7 cm³/mol. The quantitative estimate of drug-likeness (QED) is 0.581. The molecule has 0 fully saturated rings. The summed E-state index contributed by atoms with van der Waals surface area (Å²) in [5, 5.41) is 8.67. The summed E-state index contributed by atoms with van der Waals surface area (Å²) >= 11 is 4.89. The van der Waals surface area contributed by atoms with Crippen LogP contribution >= 0.6 is 27.3 Å². The van der Waals surface area contributed by atoms with Gasteiger partial charge in [-0.25, -0.2) is 5.43 Å². The zero-order valence-corrected chi connectivity index (χ0v) is 14.9. The smallest absolute Gasteiger partial charge is 0.245 e. The lowest BCUT2D eigenvalue weighted by molar-refractivity contribution is -0.120. The highest BCUT2D eigenvalue weighted by Gasteiger charge is 2.08. The van der Waals surface area contributed by atoms with Crippen molar-refractivity contribution in [2.75, 3.05) is 5.32 Å². The molecule has 0 bridgehead atoms. The van der Waals surface area contributed by atoms with E-state index in [-0.39, 0.29) is 24.7 Å². The number of anilines is 1. The second kappa shape index (κ2) is 8.59. The number of nitrogens with one attached hydrogen (secondary N) is 2. The second-order valence-corrected chi connectivity index (χ2v) is 6.73. The number of carbonyl (C=O) groups is 2. The third-order valence-electron chi connectivity index (χ3n) is 2.85. The molecule has 5 nitrogen and oxygen atoms in total. The number of para-hydroxylation sites is 1. The molecule has 0 atom stereocenters.